The van der Waals surface area contributed by atoms with Crippen molar-refractivity contribution in [2.45, 2.75) is 13.8 Å². The summed E-state index contributed by atoms with van der Waals surface area (Å²) in [6.45, 7) is 4.38. The lowest BCUT2D eigenvalue weighted by molar-refractivity contribution is 0.338. The molecule has 100 valence electrons. The summed E-state index contributed by atoms with van der Waals surface area (Å²) < 4.78 is 11.1. The predicted molar refractivity (Wildman–Crippen MR) is 72.3 cm³/mol. The first kappa shape index (κ1) is 13.1. The van der Waals surface area contributed by atoms with Gasteiger partial charge in [0.1, 0.15) is 11.5 Å². The van der Waals surface area contributed by atoms with Gasteiger partial charge in [-0.1, -0.05) is 6.07 Å². The number of ether oxygens (including phenoxy) is 2. The van der Waals surface area contributed by atoms with Crippen LogP contribution < -0.4 is 20.7 Å². The van der Waals surface area contributed by atoms with Gasteiger partial charge in [-0.25, -0.2) is 10.8 Å². The molecule has 2 rings (SSSR count). The first-order valence-electron chi connectivity index (χ1n) is 5.94. The van der Waals surface area contributed by atoms with E-state index in [0.717, 1.165) is 11.4 Å². The Morgan fingerprint density at radius 3 is 2.74 bits per heavy atom. The Morgan fingerprint density at radius 2 is 2.00 bits per heavy atom. The number of nitrogens with zero attached hydrogens (tertiary/aromatic N) is 2. The average molecular weight is 260 g/mol. The van der Waals surface area contributed by atoms with Gasteiger partial charge in [-0.05, 0) is 26.0 Å². The van der Waals surface area contributed by atoms with Gasteiger partial charge in [-0.3, -0.25) is 5.43 Å². The molecule has 0 fully saturated rings. The highest BCUT2D eigenvalue weighted by Gasteiger charge is 2.04. The molecule has 0 spiro atoms. The van der Waals surface area contributed by atoms with Crippen LogP contribution in [-0.4, -0.2) is 16.6 Å². The molecule has 19 heavy (non-hydrogen) atoms. The minimum absolute atomic E-state index is 0.316. The summed E-state index contributed by atoms with van der Waals surface area (Å²) in [7, 11) is 0. The van der Waals surface area contributed by atoms with Crippen LogP contribution >= 0.6 is 0 Å². The molecule has 6 heteroatoms. The Hall–Kier alpha value is -2.34. The second kappa shape index (κ2) is 6.01. The second-order valence-corrected chi connectivity index (χ2v) is 3.83. The van der Waals surface area contributed by atoms with Crippen molar-refractivity contribution in [1.29, 1.82) is 0 Å². The maximum Gasteiger partial charge on any atom is 0.240 e. The van der Waals surface area contributed by atoms with Gasteiger partial charge in [-0.15, -0.1) is 0 Å². The topological polar surface area (TPSA) is 82.3 Å². The van der Waals surface area contributed by atoms with Crippen molar-refractivity contribution in [1.82, 2.24) is 9.97 Å². The highest BCUT2D eigenvalue weighted by Crippen LogP contribution is 2.24. The van der Waals surface area contributed by atoms with E-state index in [4.69, 9.17) is 15.3 Å². The number of nitrogens with one attached hydrogen (secondary N) is 1. The number of hydrogen-bond acceptors (Lipinski definition) is 6. The predicted octanol–water partition coefficient (Wildman–Crippen LogP) is 2.26. The van der Waals surface area contributed by atoms with Crippen molar-refractivity contribution >= 4 is 5.95 Å². The van der Waals surface area contributed by atoms with Gasteiger partial charge in [0, 0.05) is 17.8 Å². The number of hydrazine groups is 1. The smallest absolute Gasteiger partial charge is 0.240 e. The maximum absolute atomic E-state index is 5.66. The highest BCUT2D eigenvalue weighted by atomic mass is 16.5. The molecule has 0 bridgehead atoms. The standard InChI is InChI=1S/C13H16N4O2/c1-3-18-10-5-4-6-11(8-10)19-12-7-9(2)15-13(16-12)17-14/h4-8H,3,14H2,1-2H3,(H,15,16,17). The lowest BCUT2D eigenvalue weighted by atomic mass is 10.3. The fourth-order valence-corrected chi connectivity index (χ4v) is 1.57. The summed E-state index contributed by atoms with van der Waals surface area (Å²) in [6.07, 6.45) is 0. The highest BCUT2D eigenvalue weighted by molar-refractivity contribution is 5.37. The number of nitrogens with two attached hydrogens (primary N) is 1. The molecule has 0 saturated carbocycles. The van der Waals surface area contributed by atoms with Crippen molar-refractivity contribution < 1.29 is 9.47 Å². The van der Waals surface area contributed by atoms with Crippen molar-refractivity contribution in [2.24, 2.45) is 5.84 Å². The van der Waals surface area contributed by atoms with E-state index in [9.17, 15) is 0 Å². The van der Waals surface area contributed by atoms with Gasteiger partial charge in [0.2, 0.25) is 11.8 Å². The van der Waals surface area contributed by atoms with Gasteiger partial charge < -0.3 is 9.47 Å². The van der Waals surface area contributed by atoms with Crippen LogP contribution in [0.1, 0.15) is 12.6 Å². The number of aryl methyl sites for hydroxylation is 1. The average Bonchev–Trinajstić information content (AvgIpc) is 2.39. The summed E-state index contributed by atoms with van der Waals surface area (Å²) in [6, 6.07) is 9.09. The Bertz CT molecular complexity index is 560. The molecule has 1 heterocycles. The van der Waals surface area contributed by atoms with Gasteiger partial charge >= 0.3 is 0 Å². The molecule has 3 N–H and O–H groups in total. The Labute approximate surface area is 111 Å². The molecule has 0 aliphatic rings. The lowest BCUT2D eigenvalue weighted by Crippen LogP contribution is -2.11. The van der Waals surface area contributed by atoms with Crippen molar-refractivity contribution in [3.8, 4) is 17.4 Å². The van der Waals surface area contributed by atoms with E-state index < -0.39 is 0 Å². The van der Waals surface area contributed by atoms with Crippen LogP contribution in [-0.2, 0) is 0 Å². The van der Waals surface area contributed by atoms with E-state index in [1.54, 1.807) is 12.1 Å². The molecule has 0 atom stereocenters. The van der Waals surface area contributed by atoms with E-state index in [1.807, 2.05) is 32.0 Å². The molecule has 2 aromatic rings. The van der Waals surface area contributed by atoms with E-state index in [-0.39, 0.29) is 0 Å². The monoisotopic (exact) mass is 260 g/mol. The molecule has 0 radical (unpaired) electrons. The zero-order valence-electron chi connectivity index (χ0n) is 10.9. The fourth-order valence-electron chi connectivity index (χ4n) is 1.57. The van der Waals surface area contributed by atoms with E-state index in [1.165, 1.54) is 0 Å². The zero-order chi connectivity index (χ0) is 13.7. The number of anilines is 1. The van der Waals surface area contributed by atoms with Crippen LogP contribution in [0.3, 0.4) is 0 Å². The summed E-state index contributed by atoms with van der Waals surface area (Å²) in [5, 5.41) is 0. The fraction of sp³-hybridized carbons (Fsp3) is 0.231. The Kier molecular flexibility index (Phi) is 4.15. The third-order valence-electron chi connectivity index (χ3n) is 2.30. The molecule has 0 amide bonds. The second-order valence-electron chi connectivity index (χ2n) is 3.83. The zero-order valence-corrected chi connectivity index (χ0v) is 10.9. The van der Waals surface area contributed by atoms with Crippen molar-refractivity contribution in [3.63, 3.8) is 0 Å². The van der Waals surface area contributed by atoms with E-state index >= 15 is 0 Å². The van der Waals surface area contributed by atoms with Crippen LogP contribution in [0, 0.1) is 6.92 Å². The molecule has 0 unspecified atom stereocenters. The number of benzene rings is 1. The largest absolute Gasteiger partial charge is 0.494 e. The third kappa shape index (κ3) is 3.56. The number of rotatable bonds is 5. The first-order valence-corrected chi connectivity index (χ1v) is 5.94. The van der Waals surface area contributed by atoms with Crippen molar-refractivity contribution in [2.75, 3.05) is 12.0 Å². The molecular weight excluding hydrogens is 244 g/mol. The third-order valence-corrected chi connectivity index (χ3v) is 2.30. The Morgan fingerprint density at radius 1 is 1.21 bits per heavy atom. The maximum atomic E-state index is 5.66. The van der Waals surface area contributed by atoms with Crippen LogP contribution in [0.4, 0.5) is 5.95 Å². The van der Waals surface area contributed by atoms with Gasteiger partial charge in [-0.2, -0.15) is 4.98 Å². The Balaban J connectivity index is 2.20. The molecule has 0 aliphatic carbocycles. The first-order chi connectivity index (χ1) is 9.21. The summed E-state index contributed by atoms with van der Waals surface area (Å²) in [5.41, 5.74) is 3.16. The molecule has 0 saturated heterocycles. The number of nitrogen functional groups attached to an aromatic ring is 1. The summed E-state index contributed by atoms with van der Waals surface area (Å²) in [5.74, 6) is 7.43. The van der Waals surface area contributed by atoms with Crippen LogP contribution in [0.25, 0.3) is 0 Å². The molecule has 1 aromatic heterocycles. The number of hydrogen-bond donors (Lipinski definition) is 2. The van der Waals surface area contributed by atoms with E-state index in [0.29, 0.717) is 24.2 Å². The molecular formula is C13H16N4O2. The summed E-state index contributed by atoms with van der Waals surface area (Å²) >= 11 is 0. The summed E-state index contributed by atoms with van der Waals surface area (Å²) in [4.78, 5) is 8.20. The van der Waals surface area contributed by atoms with Crippen LogP contribution in [0.2, 0.25) is 0 Å². The SMILES string of the molecule is CCOc1cccc(Oc2cc(C)nc(NN)n2)c1. The van der Waals surface area contributed by atoms with Gasteiger partial charge in [0.25, 0.3) is 0 Å². The van der Waals surface area contributed by atoms with Gasteiger partial charge in [0.15, 0.2) is 0 Å². The normalized spacial score (nSPS) is 10.1. The van der Waals surface area contributed by atoms with E-state index in [2.05, 4.69) is 15.4 Å². The minimum atomic E-state index is 0.316. The molecule has 0 aliphatic heterocycles. The quantitative estimate of drug-likeness (QED) is 0.634. The molecule has 6 nitrogen and oxygen atoms in total. The van der Waals surface area contributed by atoms with Crippen LogP contribution in [0.5, 0.6) is 17.4 Å². The lowest BCUT2D eigenvalue weighted by Gasteiger charge is -2.09. The van der Waals surface area contributed by atoms with Crippen LogP contribution in [0.15, 0.2) is 30.3 Å². The number of aromatic nitrogens is 2. The van der Waals surface area contributed by atoms with Gasteiger partial charge in [0.05, 0.1) is 6.61 Å². The molecule has 1 aromatic carbocycles. The minimum Gasteiger partial charge on any atom is -0.494 e. The van der Waals surface area contributed by atoms with Crippen molar-refractivity contribution in [3.05, 3.63) is 36.0 Å².